The SMILES string of the molecule is Cn1nc(-c2ccccc2)c2c1CCN(Cc1cccn(C)c1=O)CC2. The number of nitrogens with zero attached hydrogens (tertiary/aromatic N) is 4. The van der Waals surface area contributed by atoms with E-state index in [0.717, 1.165) is 37.2 Å². The van der Waals surface area contributed by atoms with E-state index >= 15 is 0 Å². The lowest BCUT2D eigenvalue weighted by atomic mass is 10.0. The number of hydrogen-bond acceptors (Lipinski definition) is 3. The lowest BCUT2D eigenvalue weighted by molar-refractivity contribution is 0.276. The monoisotopic (exact) mass is 348 g/mol. The van der Waals surface area contributed by atoms with E-state index in [0.29, 0.717) is 6.54 Å². The molecule has 0 saturated carbocycles. The second kappa shape index (κ2) is 6.92. The molecule has 2 aromatic heterocycles. The highest BCUT2D eigenvalue weighted by Gasteiger charge is 2.22. The molecule has 5 nitrogen and oxygen atoms in total. The predicted molar refractivity (Wildman–Crippen MR) is 103 cm³/mol. The van der Waals surface area contributed by atoms with E-state index in [1.165, 1.54) is 16.8 Å². The van der Waals surface area contributed by atoms with Crippen LogP contribution in [0.1, 0.15) is 16.8 Å². The molecule has 0 fully saturated rings. The average molecular weight is 348 g/mol. The Morgan fingerprint density at radius 1 is 1.00 bits per heavy atom. The van der Waals surface area contributed by atoms with Crippen molar-refractivity contribution < 1.29 is 0 Å². The number of hydrogen-bond donors (Lipinski definition) is 0. The van der Waals surface area contributed by atoms with Gasteiger partial charge >= 0.3 is 0 Å². The fourth-order valence-corrected chi connectivity index (χ4v) is 3.82. The molecule has 0 aliphatic carbocycles. The molecule has 1 aliphatic heterocycles. The molecule has 26 heavy (non-hydrogen) atoms. The number of fused-ring (bicyclic) bond motifs is 1. The van der Waals surface area contributed by atoms with Crippen molar-refractivity contribution in [3.63, 3.8) is 0 Å². The minimum Gasteiger partial charge on any atom is -0.318 e. The van der Waals surface area contributed by atoms with Gasteiger partial charge in [0.2, 0.25) is 0 Å². The second-order valence-corrected chi connectivity index (χ2v) is 6.99. The van der Waals surface area contributed by atoms with E-state index in [1.807, 2.05) is 43.2 Å². The van der Waals surface area contributed by atoms with E-state index < -0.39 is 0 Å². The predicted octanol–water partition coefficient (Wildman–Crippen LogP) is 2.39. The molecule has 0 N–H and O–H groups in total. The van der Waals surface area contributed by atoms with Gasteiger partial charge in [0.15, 0.2) is 0 Å². The Morgan fingerprint density at radius 3 is 2.58 bits per heavy atom. The Balaban J connectivity index is 1.58. The minimum absolute atomic E-state index is 0.0981. The largest absolute Gasteiger partial charge is 0.318 e. The summed E-state index contributed by atoms with van der Waals surface area (Å²) in [7, 11) is 3.84. The van der Waals surface area contributed by atoms with Gasteiger partial charge in [-0.2, -0.15) is 5.10 Å². The molecule has 1 aliphatic rings. The van der Waals surface area contributed by atoms with Gasteiger partial charge < -0.3 is 4.57 Å². The molecule has 3 heterocycles. The van der Waals surface area contributed by atoms with Gasteiger partial charge in [0.1, 0.15) is 0 Å². The molecule has 5 heteroatoms. The number of pyridine rings is 1. The quantitative estimate of drug-likeness (QED) is 0.730. The first kappa shape index (κ1) is 16.8. The lowest BCUT2D eigenvalue weighted by Gasteiger charge is -2.19. The van der Waals surface area contributed by atoms with Crippen molar-refractivity contribution in [2.24, 2.45) is 14.1 Å². The zero-order valence-electron chi connectivity index (χ0n) is 15.4. The molecular formula is C21H24N4O. The molecule has 0 bridgehead atoms. The van der Waals surface area contributed by atoms with Crippen LogP contribution in [0.4, 0.5) is 0 Å². The van der Waals surface area contributed by atoms with Gasteiger partial charge in [0, 0.05) is 68.7 Å². The van der Waals surface area contributed by atoms with Crippen molar-refractivity contribution in [1.29, 1.82) is 0 Å². The van der Waals surface area contributed by atoms with E-state index in [4.69, 9.17) is 5.10 Å². The first-order chi connectivity index (χ1) is 12.6. The molecule has 3 aromatic rings. The maximum Gasteiger partial charge on any atom is 0.254 e. The highest BCUT2D eigenvalue weighted by atomic mass is 16.1. The van der Waals surface area contributed by atoms with Crippen molar-refractivity contribution >= 4 is 0 Å². The Labute approximate surface area is 153 Å². The number of benzene rings is 1. The lowest BCUT2D eigenvalue weighted by Crippen LogP contribution is -2.31. The summed E-state index contributed by atoms with van der Waals surface area (Å²) in [5.41, 5.74) is 5.90. The Morgan fingerprint density at radius 2 is 1.77 bits per heavy atom. The maximum absolute atomic E-state index is 12.3. The van der Waals surface area contributed by atoms with Crippen LogP contribution in [-0.4, -0.2) is 32.3 Å². The summed E-state index contributed by atoms with van der Waals surface area (Å²) < 4.78 is 3.68. The Hall–Kier alpha value is -2.66. The van der Waals surface area contributed by atoms with Crippen molar-refractivity contribution in [2.45, 2.75) is 19.4 Å². The Kier molecular flexibility index (Phi) is 4.47. The molecule has 1 aromatic carbocycles. The summed E-state index contributed by atoms with van der Waals surface area (Å²) in [6.07, 6.45) is 3.72. The topological polar surface area (TPSA) is 43.1 Å². The number of aromatic nitrogens is 3. The summed E-state index contributed by atoms with van der Waals surface area (Å²) in [6, 6.07) is 14.3. The van der Waals surface area contributed by atoms with Crippen molar-refractivity contribution in [3.8, 4) is 11.3 Å². The van der Waals surface area contributed by atoms with Crippen molar-refractivity contribution in [3.05, 3.63) is 75.8 Å². The summed E-state index contributed by atoms with van der Waals surface area (Å²) in [5.74, 6) is 0. The summed E-state index contributed by atoms with van der Waals surface area (Å²) in [5, 5.41) is 4.78. The van der Waals surface area contributed by atoms with Gasteiger partial charge in [-0.05, 0) is 12.5 Å². The molecule has 0 radical (unpaired) electrons. The van der Waals surface area contributed by atoms with Gasteiger partial charge in [-0.1, -0.05) is 36.4 Å². The molecule has 4 rings (SSSR count). The standard InChI is InChI=1S/C21H24N4O/c1-23-12-6-9-17(21(23)26)15-25-13-10-18-19(11-14-25)24(2)22-20(18)16-7-4-3-5-8-16/h3-9,12H,10-11,13-15H2,1-2H3. The maximum atomic E-state index is 12.3. The van der Waals surface area contributed by atoms with Gasteiger partial charge in [-0.15, -0.1) is 0 Å². The number of aryl methyl sites for hydroxylation is 2. The van der Waals surface area contributed by atoms with Crippen LogP contribution in [0, 0.1) is 0 Å². The molecular weight excluding hydrogens is 324 g/mol. The summed E-state index contributed by atoms with van der Waals surface area (Å²) in [6.45, 7) is 2.59. The van der Waals surface area contributed by atoms with Gasteiger partial charge in [-0.3, -0.25) is 14.4 Å². The summed E-state index contributed by atoms with van der Waals surface area (Å²) in [4.78, 5) is 14.7. The van der Waals surface area contributed by atoms with E-state index in [1.54, 1.807) is 4.57 Å². The van der Waals surface area contributed by atoms with Crippen molar-refractivity contribution in [2.75, 3.05) is 13.1 Å². The first-order valence-electron chi connectivity index (χ1n) is 9.10. The van der Waals surface area contributed by atoms with Crippen molar-refractivity contribution in [1.82, 2.24) is 19.2 Å². The van der Waals surface area contributed by atoms with Gasteiger partial charge in [0.25, 0.3) is 5.56 Å². The zero-order valence-corrected chi connectivity index (χ0v) is 15.4. The van der Waals surface area contributed by atoms with Crippen LogP contribution < -0.4 is 5.56 Å². The van der Waals surface area contributed by atoms with E-state index in [2.05, 4.69) is 29.2 Å². The highest BCUT2D eigenvalue weighted by Crippen LogP contribution is 2.28. The minimum atomic E-state index is 0.0981. The van der Waals surface area contributed by atoms with Crippen LogP contribution in [0.3, 0.4) is 0 Å². The molecule has 0 amide bonds. The third-order valence-corrected chi connectivity index (χ3v) is 5.26. The molecule has 0 spiro atoms. The van der Waals surface area contributed by atoms with Gasteiger partial charge in [-0.25, -0.2) is 0 Å². The first-order valence-corrected chi connectivity index (χ1v) is 9.10. The second-order valence-electron chi connectivity index (χ2n) is 6.99. The smallest absolute Gasteiger partial charge is 0.254 e. The normalized spacial score (nSPS) is 14.8. The van der Waals surface area contributed by atoms with Crippen LogP contribution in [0.2, 0.25) is 0 Å². The molecule has 0 saturated heterocycles. The third kappa shape index (κ3) is 3.10. The fraction of sp³-hybridized carbons (Fsp3) is 0.333. The van der Waals surface area contributed by atoms with Crippen LogP contribution in [-0.2, 0) is 33.5 Å². The van der Waals surface area contributed by atoms with Crippen LogP contribution in [0.15, 0.2) is 53.5 Å². The van der Waals surface area contributed by atoms with Crippen LogP contribution >= 0.6 is 0 Å². The highest BCUT2D eigenvalue weighted by molar-refractivity contribution is 5.64. The average Bonchev–Trinajstić information content (AvgIpc) is 2.83. The molecule has 134 valence electrons. The number of rotatable bonds is 3. The van der Waals surface area contributed by atoms with Crippen LogP contribution in [0.25, 0.3) is 11.3 Å². The van der Waals surface area contributed by atoms with E-state index in [9.17, 15) is 4.79 Å². The van der Waals surface area contributed by atoms with Gasteiger partial charge in [0.05, 0.1) is 5.69 Å². The summed E-state index contributed by atoms with van der Waals surface area (Å²) >= 11 is 0. The Bertz CT molecular complexity index is 971. The molecule has 0 atom stereocenters. The fourth-order valence-electron chi connectivity index (χ4n) is 3.82. The zero-order chi connectivity index (χ0) is 18.1. The third-order valence-electron chi connectivity index (χ3n) is 5.26. The van der Waals surface area contributed by atoms with Crippen LogP contribution in [0.5, 0.6) is 0 Å². The molecule has 0 unspecified atom stereocenters. The van der Waals surface area contributed by atoms with E-state index in [-0.39, 0.29) is 5.56 Å².